The van der Waals surface area contributed by atoms with Crippen molar-refractivity contribution in [3.8, 4) is 22.8 Å². The minimum atomic E-state index is -0.788. The van der Waals surface area contributed by atoms with Crippen molar-refractivity contribution in [3.63, 3.8) is 0 Å². The van der Waals surface area contributed by atoms with Crippen LogP contribution in [0.2, 0.25) is 10.0 Å². The average Bonchev–Trinajstić information content (AvgIpc) is 3.46. The zero-order valence-electron chi connectivity index (χ0n) is 17.8. The third-order valence-electron chi connectivity index (χ3n) is 5.19. The molecule has 0 aliphatic carbocycles. The van der Waals surface area contributed by atoms with Gasteiger partial charge in [-0.05, 0) is 41.0 Å². The lowest BCUT2D eigenvalue weighted by molar-refractivity contribution is 0.0991. The molecule has 0 atom stereocenters. The van der Waals surface area contributed by atoms with Crippen molar-refractivity contribution in [3.05, 3.63) is 69.8 Å². The van der Waals surface area contributed by atoms with Crippen molar-refractivity contribution < 1.29 is 14.5 Å². The summed E-state index contributed by atoms with van der Waals surface area (Å²) in [6.07, 6.45) is 0. The van der Waals surface area contributed by atoms with Gasteiger partial charge in [-0.3, -0.25) is 4.79 Å². The molecule has 0 aliphatic rings. The largest absolute Gasteiger partial charge is 0.507 e. The van der Waals surface area contributed by atoms with E-state index < -0.39 is 5.91 Å². The number of phenolic OH excluding ortho intramolecular Hbond substituents is 1. The number of phenols is 1. The van der Waals surface area contributed by atoms with Gasteiger partial charge >= 0.3 is 5.91 Å². The summed E-state index contributed by atoms with van der Waals surface area (Å²) in [6.45, 7) is 1.75. The van der Waals surface area contributed by atoms with Gasteiger partial charge < -0.3 is 10.8 Å². The van der Waals surface area contributed by atoms with Gasteiger partial charge in [0, 0.05) is 16.3 Å². The molecule has 0 spiro atoms. The van der Waals surface area contributed by atoms with Crippen LogP contribution < -0.4 is 5.73 Å². The van der Waals surface area contributed by atoms with E-state index >= 15 is 0 Å². The molecule has 11 nitrogen and oxygen atoms in total. The Balaban J connectivity index is 1.63. The van der Waals surface area contributed by atoms with Crippen molar-refractivity contribution in [1.82, 2.24) is 25.3 Å². The van der Waals surface area contributed by atoms with Crippen LogP contribution in [0.15, 0.2) is 63.4 Å². The van der Waals surface area contributed by atoms with Gasteiger partial charge in [-0.25, -0.2) is 4.63 Å². The summed E-state index contributed by atoms with van der Waals surface area (Å²) in [4.78, 5) is 13.2. The zero-order chi connectivity index (χ0) is 24.7. The Labute approximate surface area is 206 Å². The number of rotatable bonds is 4. The van der Waals surface area contributed by atoms with Crippen LogP contribution in [0.5, 0.6) is 5.75 Å². The molecule has 0 saturated heterocycles. The molecule has 0 radical (unpaired) electrons. The van der Waals surface area contributed by atoms with E-state index in [2.05, 4.69) is 35.5 Å². The zero-order valence-corrected chi connectivity index (χ0v) is 19.4. The average molecular weight is 509 g/mol. The summed E-state index contributed by atoms with van der Waals surface area (Å²) in [7, 11) is 0. The number of aromatic nitrogens is 5. The molecule has 5 aromatic rings. The Morgan fingerprint density at radius 2 is 1.86 bits per heavy atom. The molecule has 0 fully saturated rings. The van der Waals surface area contributed by atoms with Crippen LogP contribution >= 0.6 is 23.2 Å². The first-order chi connectivity index (χ1) is 16.8. The third-order valence-corrected chi connectivity index (χ3v) is 5.93. The van der Waals surface area contributed by atoms with Crippen LogP contribution in [-0.4, -0.2) is 36.3 Å². The highest BCUT2D eigenvalue weighted by molar-refractivity contribution is 6.42. The van der Waals surface area contributed by atoms with Crippen LogP contribution in [0.25, 0.3) is 27.8 Å². The van der Waals surface area contributed by atoms with Crippen molar-refractivity contribution >= 4 is 51.4 Å². The van der Waals surface area contributed by atoms with Crippen molar-refractivity contribution in [2.24, 2.45) is 10.2 Å². The number of carbonyl (C=O) groups excluding carboxylic acids is 1. The highest BCUT2D eigenvalue weighted by Gasteiger charge is 2.26. The first-order valence-electron chi connectivity index (χ1n) is 10.0. The fraction of sp³-hybridized carbons (Fsp3) is 0.0455. The lowest BCUT2D eigenvalue weighted by Crippen LogP contribution is -2.05. The van der Waals surface area contributed by atoms with E-state index in [1.54, 1.807) is 49.4 Å². The fourth-order valence-corrected chi connectivity index (χ4v) is 3.86. The van der Waals surface area contributed by atoms with Crippen molar-refractivity contribution in [2.75, 3.05) is 5.73 Å². The Bertz CT molecular complexity index is 1640. The number of aromatic hydroxyl groups is 1. The standard InChI is InChI=1S/C22H14Cl2N8O3/c1-10-8-16(33)12-4-2-3-5-13(12)17(10)26-28-22(34)18-19(11-6-7-14(23)15(24)9-11)32(31-27-18)21-20(25)29-35-30-21/h2-9,33H,1H3,(H2,25,29). The number of nitrogens with two attached hydrogens (primary N) is 1. The number of carbonyl (C=O) groups is 1. The Kier molecular flexibility index (Phi) is 5.63. The summed E-state index contributed by atoms with van der Waals surface area (Å²) in [5.74, 6) is -0.728. The van der Waals surface area contributed by atoms with E-state index in [-0.39, 0.29) is 33.8 Å². The van der Waals surface area contributed by atoms with E-state index in [0.717, 1.165) is 0 Å². The number of hydrogen-bond donors (Lipinski definition) is 2. The summed E-state index contributed by atoms with van der Waals surface area (Å²) in [5, 5.41) is 35.3. The molecule has 13 heteroatoms. The third kappa shape index (κ3) is 3.96. The minimum absolute atomic E-state index is 0.0231. The number of azo groups is 1. The van der Waals surface area contributed by atoms with Crippen LogP contribution in [-0.2, 0) is 0 Å². The normalized spacial score (nSPS) is 11.5. The first kappa shape index (κ1) is 22.4. The molecule has 0 saturated carbocycles. The van der Waals surface area contributed by atoms with Crippen molar-refractivity contribution in [2.45, 2.75) is 6.92 Å². The topological polar surface area (TPSA) is 158 Å². The molecule has 5 rings (SSSR count). The van der Waals surface area contributed by atoms with Crippen LogP contribution in [0.4, 0.5) is 11.5 Å². The number of anilines is 1. The number of halogens is 2. The molecule has 2 aromatic heterocycles. The van der Waals surface area contributed by atoms with Gasteiger partial charge in [-0.2, -0.15) is 4.68 Å². The summed E-state index contributed by atoms with van der Waals surface area (Å²) in [6, 6.07) is 13.4. The Hall–Kier alpha value is -4.35. The summed E-state index contributed by atoms with van der Waals surface area (Å²) in [5.41, 5.74) is 7.37. The number of aryl methyl sites for hydroxylation is 1. The second kappa shape index (κ2) is 8.78. The van der Waals surface area contributed by atoms with E-state index in [1.807, 2.05) is 0 Å². The molecule has 2 heterocycles. The second-order valence-electron chi connectivity index (χ2n) is 7.41. The molecule has 3 aromatic carbocycles. The van der Waals surface area contributed by atoms with Gasteiger partial charge in [0.05, 0.1) is 15.7 Å². The molecule has 0 aliphatic heterocycles. The Morgan fingerprint density at radius 1 is 1.09 bits per heavy atom. The van der Waals surface area contributed by atoms with Crippen molar-refractivity contribution in [1.29, 1.82) is 0 Å². The number of nitrogens with zero attached hydrogens (tertiary/aromatic N) is 7. The molecule has 0 unspecified atom stereocenters. The second-order valence-corrected chi connectivity index (χ2v) is 8.23. The van der Waals surface area contributed by atoms with Gasteiger partial charge in [0.25, 0.3) is 0 Å². The van der Waals surface area contributed by atoms with E-state index in [0.29, 0.717) is 32.6 Å². The highest BCUT2D eigenvalue weighted by Crippen LogP contribution is 2.36. The van der Waals surface area contributed by atoms with E-state index in [4.69, 9.17) is 28.9 Å². The van der Waals surface area contributed by atoms with Gasteiger partial charge in [0.15, 0.2) is 5.69 Å². The SMILES string of the molecule is Cc1cc(O)c2ccccc2c1N=NC(=O)c1nnn(-c2nonc2N)c1-c1ccc(Cl)c(Cl)c1. The summed E-state index contributed by atoms with van der Waals surface area (Å²) >= 11 is 12.3. The molecular formula is C22H14Cl2N8O3. The minimum Gasteiger partial charge on any atom is -0.507 e. The maximum absolute atomic E-state index is 13.2. The predicted molar refractivity (Wildman–Crippen MR) is 128 cm³/mol. The van der Waals surface area contributed by atoms with E-state index in [1.165, 1.54) is 10.7 Å². The molecule has 3 N–H and O–H groups in total. The quantitative estimate of drug-likeness (QED) is 0.309. The molecular weight excluding hydrogens is 495 g/mol. The molecule has 35 heavy (non-hydrogen) atoms. The number of fused-ring (bicyclic) bond motifs is 1. The number of benzene rings is 3. The number of hydrogen-bond acceptors (Lipinski definition) is 9. The maximum Gasteiger partial charge on any atom is 0.318 e. The lowest BCUT2D eigenvalue weighted by Gasteiger charge is -2.07. The molecule has 0 bridgehead atoms. The highest BCUT2D eigenvalue weighted by atomic mass is 35.5. The number of amides is 1. The monoisotopic (exact) mass is 508 g/mol. The molecule has 174 valence electrons. The first-order valence-corrected chi connectivity index (χ1v) is 10.8. The van der Waals surface area contributed by atoms with Gasteiger partial charge in [0.1, 0.15) is 11.4 Å². The smallest absolute Gasteiger partial charge is 0.318 e. The van der Waals surface area contributed by atoms with Crippen LogP contribution in [0, 0.1) is 6.92 Å². The van der Waals surface area contributed by atoms with Gasteiger partial charge in [0.2, 0.25) is 11.6 Å². The van der Waals surface area contributed by atoms with E-state index in [9.17, 15) is 9.90 Å². The summed E-state index contributed by atoms with van der Waals surface area (Å²) < 4.78 is 5.85. The maximum atomic E-state index is 13.2. The van der Waals surface area contributed by atoms with Crippen LogP contribution in [0.3, 0.4) is 0 Å². The fourth-order valence-electron chi connectivity index (χ4n) is 3.57. The predicted octanol–water partition coefficient (Wildman–Crippen LogP) is 5.30. The Morgan fingerprint density at radius 3 is 2.57 bits per heavy atom. The van der Waals surface area contributed by atoms with Crippen LogP contribution in [0.1, 0.15) is 16.1 Å². The number of nitrogen functional groups attached to an aromatic ring is 1. The van der Waals surface area contributed by atoms with Gasteiger partial charge in [-0.1, -0.05) is 58.7 Å². The lowest BCUT2D eigenvalue weighted by atomic mass is 10.0. The van der Waals surface area contributed by atoms with Gasteiger partial charge in [-0.15, -0.1) is 15.3 Å². The molecule has 1 amide bonds.